The van der Waals surface area contributed by atoms with Gasteiger partial charge in [0, 0.05) is 18.3 Å². The first-order valence-electron chi connectivity index (χ1n) is 8.68. The largest absolute Gasteiger partial charge is 0.496 e. The lowest BCUT2D eigenvalue weighted by atomic mass is 10.1. The summed E-state index contributed by atoms with van der Waals surface area (Å²) in [4.78, 5) is 13.4. The topological polar surface area (TPSA) is 103 Å². The van der Waals surface area contributed by atoms with E-state index in [1.165, 1.54) is 20.3 Å². The Balaban J connectivity index is 1.85. The molecule has 10 heteroatoms. The molecule has 0 bridgehead atoms. The number of benzene rings is 1. The first-order chi connectivity index (χ1) is 13.9. The summed E-state index contributed by atoms with van der Waals surface area (Å²) in [6.07, 6.45) is 3.20. The molecule has 2 heterocycles. The van der Waals surface area contributed by atoms with Crippen molar-refractivity contribution in [3.05, 3.63) is 59.9 Å². The van der Waals surface area contributed by atoms with E-state index in [1.807, 2.05) is 6.20 Å². The van der Waals surface area contributed by atoms with Gasteiger partial charge in [-0.15, -0.1) is 0 Å². The molecule has 0 saturated carbocycles. The van der Waals surface area contributed by atoms with Crippen LogP contribution in [0.3, 0.4) is 0 Å². The van der Waals surface area contributed by atoms with Crippen LogP contribution >= 0.6 is 0 Å². The maximum Gasteiger partial charge on any atom is 0.246 e. The number of hydrogen-bond acceptors (Lipinski definition) is 6. The number of hydrogen-bond donors (Lipinski definition) is 2. The van der Waals surface area contributed by atoms with E-state index in [0.717, 1.165) is 16.8 Å². The molecule has 0 saturated heterocycles. The van der Waals surface area contributed by atoms with E-state index in [2.05, 4.69) is 23.0 Å². The summed E-state index contributed by atoms with van der Waals surface area (Å²) < 4.78 is 36.9. The predicted octanol–water partition coefficient (Wildman–Crippen LogP) is 1.06. The van der Waals surface area contributed by atoms with Gasteiger partial charge in [-0.3, -0.25) is 14.2 Å². The molecule has 29 heavy (non-hydrogen) atoms. The summed E-state index contributed by atoms with van der Waals surface area (Å²) in [6.45, 7) is 8.67. The van der Waals surface area contributed by atoms with Crippen LogP contribution in [0.25, 0.3) is 5.70 Å². The molecule has 1 aromatic carbocycles. The van der Waals surface area contributed by atoms with Crippen molar-refractivity contribution in [3.63, 3.8) is 0 Å². The molecule has 0 aliphatic carbocycles. The predicted molar refractivity (Wildman–Crippen MR) is 108 cm³/mol. The first-order valence-corrected chi connectivity index (χ1v) is 9.85. The van der Waals surface area contributed by atoms with Crippen LogP contribution < -0.4 is 14.2 Å². The van der Waals surface area contributed by atoms with Gasteiger partial charge in [-0.2, -0.15) is 5.10 Å². The van der Waals surface area contributed by atoms with Crippen molar-refractivity contribution in [1.29, 1.82) is 0 Å². The summed E-state index contributed by atoms with van der Waals surface area (Å²) >= 11 is 0. The molecular weight excluding hydrogens is 396 g/mol. The molecule has 0 unspecified atom stereocenters. The number of nitrogens with zero attached hydrogens (tertiary/aromatic N) is 3. The minimum atomic E-state index is -2.86. The molecule has 1 aromatic heterocycles. The molecule has 1 aliphatic rings. The lowest BCUT2D eigenvalue weighted by molar-refractivity contribution is -0.126. The van der Waals surface area contributed by atoms with Gasteiger partial charge in [-0.05, 0) is 23.8 Å². The molecule has 0 spiro atoms. The average molecular weight is 418 g/mol. The second-order valence-electron chi connectivity index (χ2n) is 6.42. The molecule has 1 aliphatic heterocycles. The monoisotopic (exact) mass is 418 g/mol. The number of thiol groups is 1. The van der Waals surface area contributed by atoms with Gasteiger partial charge in [0.1, 0.15) is 11.5 Å². The number of amides is 1. The van der Waals surface area contributed by atoms with Crippen molar-refractivity contribution in [2.75, 3.05) is 14.2 Å². The highest BCUT2D eigenvalue weighted by molar-refractivity contribution is 7.70. The van der Waals surface area contributed by atoms with Crippen LogP contribution in [0, 0.1) is 0 Å². The lowest BCUT2D eigenvalue weighted by Gasteiger charge is -2.17. The third kappa shape index (κ3) is 4.27. The molecule has 0 fully saturated rings. The molecule has 2 aromatic rings. The quantitative estimate of drug-likeness (QED) is 0.491. The third-order valence-electron chi connectivity index (χ3n) is 4.55. The molecule has 154 valence electrons. The van der Waals surface area contributed by atoms with Crippen molar-refractivity contribution >= 4 is 22.5 Å². The number of ether oxygens (including phenoxy) is 2. The van der Waals surface area contributed by atoms with Crippen LogP contribution in [0.15, 0.2) is 37.6 Å². The van der Waals surface area contributed by atoms with Gasteiger partial charge in [-0.25, -0.2) is 8.42 Å². The fourth-order valence-corrected chi connectivity index (χ4v) is 3.62. The van der Waals surface area contributed by atoms with Gasteiger partial charge in [-0.1, -0.05) is 13.2 Å². The normalized spacial score (nSPS) is 12.6. The smallest absolute Gasteiger partial charge is 0.246 e. The standard InChI is InChI=1S/C19H22N4O5S/c1-5-18(24)22-9-14-10-23(20-15(14)11-22)8-13-6-16(27-3)19(17(7-13)28-4)12(2)21-29(25)26/h5-7,10,29H,1-2,8-9,11H2,3-4H3,(H,21,25,26). The highest BCUT2D eigenvalue weighted by atomic mass is 32.2. The number of methoxy groups -OCH3 is 2. The Labute approximate surface area is 170 Å². The fourth-order valence-electron chi connectivity index (χ4n) is 3.28. The minimum Gasteiger partial charge on any atom is -0.496 e. The molecule has 3 rings (SSSR count). The maximum absolute atomic E-state index is 11.7. The fraction of sp³-hybridized carbons (Fsp3) is 0.263. The molecule has 0 radical (unpaired) electrons. The van der Waals surface area contributed by atoms with Crippen LogP contribution in [0.4, 0.5) is 0 Å². The van der Waals surface area contributed by atoms with Crippen molar-refractivity contribution in [2.24, 2.45) is 0 Å². The number of aromatic nitrogens is 2. The van der Waals surface area contributed by atoms with E-state index >= 15 is 0 Å². The number of fused-ring (bicyclic) bond motifs is 1. The Morgan fingerprint density at radius 2 is 1.93 bits per heavy atom. The molecule has 0 atom stereocenters. The van der Waals surface area contributed by atoms with E-state index < -0.39 is 10.9 Å². The molecular formula is C19H22N4O5S. The number of nitrogens with one attached hydrogen (secondary N) is 1. The second kappa shape index (κ2) is 8.39. The molecule has 1 amide bonds. The summed E-state index contributed by atoms with van der Waals surface area (Å²) in [7, 11) is 0.112. The van der Waals surface area contributed by atoms with Gasteiger partial charge >= 0.3 is 0 Å². The summed E-state index contributed by atoms with van der Waals surface area (Å²) in [5.41, 5.74) is 3.29. The van der Waals surface area contributed by atoms with E-state index in [9.17, 15) is 13.2 Å². The van der Waals surface area contributed by atoms with Crippen LogP contribution in [0.1, 0.15) is 22.4 Å². The zero-order chi connectivity index (χ0) is 21.1. The van der Waals surface area contributed by atoms with Crippen LogP contribution in [-0.4, -0.2) is 43.2 Å². The van der Waals surface area contributed by atoms with Crippen LogP contribution in [0.2, 0.25) is 0 Å². The van der Waals surface area contributed by atoms with Crippen molar-refractivity contribution in [1.82, 2.24) is 19.4 Å². The van der Waals surface area contributed by atoms with E-state index in [4.69, 9.17) is 9.47 Å². The lowest BCUT2D eigenvalue weighted by Crippen LogP contribution is -2.23. The summed E-state index contributed by atoms with van der Waals surface area (Å²) in [6, 6.07) is 3.56. The van der Waals surface area contributed by atoms with Gasteiger partial charge in [0.25, 0.3) is 0 Å². The van der Waals surface area contributed by atoms with Gasteiger partial charge in [0.2, 0.25) is 16.8 Å². The summed E-state index contributed by atoms with van der Waals surface area (Å²) in [5, 5.41) is 4.56. The Morgan fingerprint density at radius 3 is 2.45 bits per heavy atom. The molecule has 1 N–H and O–H groups in total. The first kappa shape index (κ1) is 20.5. The van der Waals surface area contributed by atoms with E-state index in [1.54, 1.807) is 21.7 Å². The average Bonchev–Trinajstić information content (AvgIpc) is 3.24. The third-order valence-corrected chi connectivity index (χ3v) is 5.00. The van der Waals surface area contributed by atoms with E-state index in [0.29, 0.717) is 36.7 Å². The van der Waals surface area contributed by atoms with Crippen molar-refractivity contribution in [2.45, 2.75) is 19.6 Å². The number of rotatable bonds is 8. The summed E-state index contributed by atoms with van der Waals surface area (Å²) in [5.74, 6) is 0.737. The van der Waals surface area contributed by atoms with E-state index in [-0.39, 0.29) is 11.6 Å². The second-order valence-corrected chi connectivity index (χ2v) is 7.16. The minimum absolute atomic E-state index is 0.117. The van der Waals surface area contributed by atoms with Gasteiger partial charge in [0.15, 0.2) is 0 Å². The number of carbonyl (C=O) groups excluding carboxylic acids is 1. The van der Waals surface area contributed by atoms with Crippen molar-refractivity contribution < 1.29 is 22.7 Å². The van der Waals surface area contributed by atoms with Gasteiger partial charge < -0.3 is 14.4 Å². The SMILES string of the molecule is C=CC(=O)N1Cc2cn(Cc3cc(OC)c(C(=C)N[SH](=O)=O)c(OC)c3)nc2C1. The van der Waals surface area contributed by atoms with Crippen LogP contribution in [-0.2, 0) is 35.3 Å². The maximum atomic E-state index is 11.7. The zero-order valence-corrected chi connectivity index (χ0v) is 17.1. The Morgan fingerprint density at radius 1 is 1.28 bits per heavy atom. The van der Waals surface area contributed by atoms with Crippen molar-refractivity contribution in [3.8, 4) is 11.5 Å². The number of carbonyl (C=O) groups is 1. The Kier molecular flexibility index (Phi) is 5.92. The molecule has 9 nitrogen and oxygen atoms in total. The Bertz CT molecular complexity index is 1000. The Hall–Kier alpha value is -3.27. The van der Waals surface area contributed by atoms with Crippen LogP contribution in [0.5, 0.6) is 11.5 Å². The highest BCUT2D eigenvalue weighted by Crippen LogP contribution is 2.35. The zero-order valence-electron chi connectivity index (χ0n) is 16.2. The highest BCUT2D eigenvalue weighted by Gasteiger charge is 2.25. The van der Waals surface area contributed by atoms with Gasteiger partial charge in [0.05, 0.1) is 44.3 Å².